The molecule has 0 bridgehead atoms. The zero-order valence-corrected chi connectivity index (χ0v) is 17.6. The molecule has 9 heteroatoms. The quantitative estimate of drug-likeness (QED) is 0.268. The second kappa shape index (κ2) is 10.7. The maximum absolute atomic E-state index is 13.0. The van der Waals surface area contributed by atoms with E-state index in [1.165, 1.54) is 24.3 Å². The topological polar surface area (TPSA) is 79.2 Å². The van der Waals surface area contributed by atoms with Crippen LogP contribution < -0.4 is 4.90 Å². The lowest BCUT2D eigenvalue weighted by atomic mass is 10.0. The summed E-state index contributed by atoms with van der Waals surface area (Å²) in [6.45, 7) is 3.27. The highest BCUT2D eigenvalue weighted by molar-refractivity contribution is 6.11. The molecule has 1 aliphatic rings. The molecule has 1 saturated heterocycles. The monoisotopic (exact) mass is 447 g/mol. The van der Waals surface area contributed by atoms with E-state index in [4.69, 9.17) is 0 Å². The number of hydrogen-bond acceptors (Lipinski definition) is 4. The third-order valence-corrected chi connectivity index (χ3v) is 5.09. The molecule has 0 spiro atoms. The molecule has 170 valence electrons. The van der Waals surface area contributed by atoms with Crippen LogP contribution in [0, 0.1) is 29.9 Å². The second-order valence-corrected chi connectivity index (χ2v) is 7.32. The van der Waals surface area contributed by atoms with Crippen molar-refractivity contribution in [1.82, 2.24) is 4.98 Å². The molecule has 1 aromatic carbocycles. The van der Waals surface area contributed by atoms with Crippen LogP contribution in [0.15, 0.2) is 30.3 Å². The molecule has 1 aromatic heterocycles. The predicted octanol–water partition coefficient (Wildman–Crippen LogP) is 5.67. The highest BCUT2D eigenvalue weighted by atomic mass is 19.4. The van der Waals surface area contributed by atoms with E-state index in [0.717, 1.165) is 44.1 Å². The number of rotatable bonds is 6. The summed E-state index contributed by atoms with van der Waals surface area (Å²) >= 11 is 0. The van der Waals surface area contributed by atoms with E-state index in [1.54, 1.807) is 13.0 Å². The molecule has 0 radical (unpaired) electrons. The molecule has 3 rings (SSSR count). The van der Waals surface area contributed by atoms with Crippen LogP contribution in [0.4, 0.5) is 24.5 Å². The van der Waals surface area contributed by atoms with Gasteiger partial charge in [-0.3, -0.25) is 14.9 Å². The summed E-state index contributed by atoms with van der Waals surface area (Å²) in [5.74, 6) is -0.570. The minimum atomic E-state index is -4.31. The van der Waals surface area contributed by atoms with Gasteiger partial charge < -0.3 is 9.88 Å². The number of aromatic nitrogens is 1. The lowest BCUT2D eigenvalue weighted by Crippen LogP contribution is -2.29. The first-order valence-corrected chi connectivity index (χ1v) is 10.00. The molecule has 1 N–H and O–H groups in total. The molecule has 1 fully saturated rings. The Kier molecular flexibility index (Phi) is 8.24. The molecule has 0 unspecified atom stereocenters. The normalized spacial score (nSPS) is 14.1. The number of anilines is 1. The minimum absolute atomic E-state index is 0.0462. The summed E-state index contributed by atoms with van der Waals surface area (Å²) in [5, 5.41) is 11.5. The van der Waals surface area contributed by atoms with Gasteiger partial charge in [0.25, 0.3) is 5.69 Å². The molecule has 1 aliphatic heterocycles. The van der Waals surface area contributed by atoms with Crippen molar-refractivity contribution in [3.63, 3.8) is 0 Å². The van der Waals surface area contributed by atoms with E-state index in [1.807, 2.05) is 0 Å². The number of piperidine rings is 1. The van der Waals surface area contributed by atoms with Crippen molar-refractivity contribution in [2.75, 3.05) is 18.0 Å². The second-order valence-electron chi connectivity index (χ2n) is 7.32. The van der Waals surface area contributed by atoms with E-state index < -0.39 is 23.3 Å². The first-order valence-electron chi connectivity index (χ1n) is 10.00. The maximum atomic E-state index is 13.0. The highest BCUT2D eigenvalue weighted by Gasteiger charge is 2.26. The fraction of sp³-hybridized carbons (Fsp3) is 0.348. The molecular weight excluding hydrogens is 423 g/mol. The number of nitro benzene ring substituents is 1. The van der Waals surface area contributed by atoms with Gasteiger partial charge in [0, 0.05) is 30.5 Å². The van der Waals surface area contributed by atoms with Gasteiger partial charge in [-0.1, -0.05) is 12.2 Å². The SMILES string of the molecule is C#C.Cc1[nH]c(C(=O)c2cc(N3CCCCC3)ccc2[N+](=O)[O-])cc1/C=C\CC(F)(F)F. The molecule has 2 aromatic rings. The molecule has 2 heterocycles. The first-order chi connectivity index (χ1) is 15.2. The van der Waals surface area contributed by atoms with Crippen molar-refractivity contribution < 1.29 is 22.9 Å². The number of terminal acetylenes is 1. The Morgan fingerprint density at radius 1 is 1.22 bits per heavy atom. The number of hydrogen-bond donors (Lipinski definition) is 1. The third-order valence-electron chi connectivity index (χ3n) is 5.09. The van der Waals surface area contributed by atoms with E-state index in [0.29, 0.717) is 11.3 Å². The van der Waals surface area contributed by atoms with Crippen LogP contribution in [-0.4, -0.2) is 35.0 Å². The zero-order chi connectivity index (χ0) is 23.9. The Morgan fingerprint density at radius 2 is 1.88 bits per heavy atom. The molecule has 0 atom stereocenters. The van der Waals surface area contributed by atoms with Gasteiger partial charge in [0.15, 0.2) is 0 Å². The van der Waals surface area contributed by atoms with E-state index >= 15 is 0 Å². The van der Waals surface area contributed by atoms with E-state index in [2.05, 4.69) is 22.7 Å². The number of aromatic amines is 1. The number of ketones is 1. The van der Waals surface area contributed by atoms with Crippen molar-refractivity contribution in [3.8, 4) is 12.8 Å². The smallest absolute Gasteiger partial charge is 0.372 e. The minimum Gasteiger partial charge on any atom is -0.372 e. The summed E-state index contributed by atoms with van der Waals surface area (Å²) < 4.78 is 37.0. The van der Waals surface area contributed by atoms with Gasteiger partial charge in [-0.15, -0.1) is 12.8 Å². The van der Waals surface area contributed by atoms with Gasteiger partial charge in [0.2, 0.25) is 5.78 Å². The fourth-order valence-electron chi connectivity index (χ4n) is 3.55. The Hall–Kier alpha value is -3.54. The highest BCUT2D eigenvalue weighted by Crippen LogP contribution is 2.29. The number of aryl methyl sites for hydroxylation is 1. The van der Waals surface area contributed by atoms with E-state index in [-0.39, 0.29) is 16.9 Å². The van der Waals surface area contributed by atoms with Gasteiger partial charge in [-0.2, -0.15) is 13.2 Å². The first kappa shape index (κ1) is 24.7. The van der Waals surface area contributed by atoms with Crippen LogP contribution >= 0.6 is 0 Å². The van der Waals surface area contributed by atoms with Crippen LogP contribution in [0.1, 0.15) is 53.0 Å². The van der Waals surface area contributed by atoms with Crippen molar-refractivity contribution in [2.24, 2.45) is 0 Å². The Balaban J connectivity index is 0.00000176. The number of alkyl halides is 3. The summed E-state index contributed by atoms with van der Waals surface area (Å²) in [6, 6.07) is 5.92. The largest absolute Gasteiger partial charge is 0.392 e. The van der Waals surface area contributed by atoms with Crippen LogP contribution in [0.3, 0.4) is 0 Å². The lowest BCUT2D eigenvalue weighted by Gasteiger charge is -2.29. The Morgan fingerprint density at radius 3 is 2.47 bits per heavy atom. The van der Waals surface area contributed by atoms with Crippen LogP contribution in [-0.2, 0) is 0 Å². The summed E-state index contributed by atoms with van der Waals surface area (Å²) in [7, 11) is 0. The average molecular weight is 447 g/mol. The van der Waals surface area contributed by atoms with Crippen molar-refractivity contribution >= 4 is 23.2 Å². The van der Waals surface area contributed by atoms with Crippen molar-refractivity contribution in [1.29, 1.82) is 0 Å². The lowest BCUT2D eigenvalue weighted by molar-refractivity contribution is -0.385. The van der Waals surface area contributed by atoms with Gasteiger partial charge in [0.1, 0.15) is 5.56 Å². The zero-order valence-electron chi connectivity index (χ0n) is 17.6. The molecule has 0 saturated carbocycles. The Bertz CT molecular complexity index is 1020. The average Bonchev–Trinajstić information content (AvgIpc) is 3.14. The van der Waals surface area contributed by atoms with Crippen molar-refractivity contribution in [3.05, 3.63) is 63.0 Å². The summed E-state index contributed by atoms with van der Waals surface area (Å²) in [5.41, 5.74) is 1.43. The Labute approximate surface area is 184 Å². The van der Waals surface area contributed by atoms with Crippen molar-refractivity contribution in [2.45, 2.75) is 38.8 Å². The third kappa shape index (κ3) is 6.23. The molecule has 6 nitrogen and oxygen atoms in total. The fourth-order valence-corrected chi connectivity index (χ4v) is 3.55. The van der Waals surface area contributed by atoms with Crippen LogP contribution in [0.5, 0.6) is 0 Å². The number of halogens is 3. The maximum Gasteiger partial charge on any atom is 0.392 e. The van der Waals surface area contributed by atoms with Gasteiger partial charge in [-0.05, 0) is 49.9 Å². The standard InChI is InChI=1S/C21H22F3N3O3.C2H2/c1-14-15(6-5-9-21(22,23)24)12-18(25-14)20(28)17-13-16(7-8-19(17)27(29)30)26-10-3-2-4-11-26;1-2/h5-8,12-13,25H,2-4,9-11H2,1H3;1-2H/b6-5-;. The summed E-state index contributed by atoms with van der Waals surface area (Å²) in [4.78, 5) is 28.8. The van der Waals surface area contributed by atoms with Crippen LogP contribution in [0.25, 0.3) is 6.08 Å². The van der Waals surface area contributed by atoms with Gasteiger partial charge in [0.05, 0.1) is 17.0 Å². The number of carbonyl (C=O) groups excluding carboxylic acids is 1. The number of nitro groups is 1. The molecule has 32 heavy (non-hydrogen) atoms. The molecular formula is C23H24F3N3O3. The number of nitrogens with zero attached hydrogens (tertiary/aromatic N) is 2. The number of nitrogens with one attached hydrogen (secondary N) is 1. The predicted molar refractivity (Wildman–Crippen MR) is 118 cm³/mol. The molecule has 0 aliphatic carbocycles. The number of carbonyl (C=O) groups is 1. The number of benzene rings is 1. The van der Waals surface area contributed by atoms with Crippen LogP contribution in [0.2, 0.25) is 0 Å². The van der Waals surface area contributed by atoms with E-state index in [9.17, 15) is 28.1 Å². The molecule has 0 amide bonds. The number of H-pyrrole nitrogens is 1. The van der Waals surface area contributed by atoms with Gasteiger partial charge >= 0.3 is 6.18 Å². The van der Waals surface area contributed by atoms with Gasteiger partial charge in [-0.25, -0.2) is 0 Å². The summed E-state index contributed by atoms with van der Waals surface area (Å²) in [6.07, 6.45) is 8.03. The number of allylic oxidation sites excluding steroid dienone is 1.